The van der Waals surface area contributed by atoms with Crippen molar-refractivity contribution >= 4 is 23.4 Å². The van der Waals surface area contributed by atoms with Crippen molar-refractivity contribution < 1.29 is 9.59 Å². The van der Waals surface area contributed by atoms with E-state index in [1.165, 1.54) is 6.42 Å². The van der Waals surface area contributed by atoms with Crippen molar-refractivity contribution in [1.82, 2.24) is 15.5 Å². The Morgan fingerprint density at radius 1 is 1.07 bits per heavy atom. The third-order valence-electron chi connectivity index (χ3n) is 6.36. The van der Waals surface area contributed by atoms with Crippen molar-refractivity contribution in [2.24, 2.45) is 5.92 Å². The van der Waals surface area contributed by atoms with Gasteiger partial charge in [-0.3, -0.25) is 9.59 Å². The average molecular weight is 390 g/mol. The average Bonchev–Trinajstić information content (AvgIpc) is 3.08. The van der Waals surface area contributed by atoms with Crippen molar-refractivity contribution in [3.63, 3.8) is 0 Å². The fourth-order valence-corrected chi connectivity index (χ4v) is 5.13. The molecule has 1 aliphatic carbocycles. The minimum Gasteiger partial charge on any atom is -0.350 e. The summed E-state index contributed by atoms with van der Waals surface area (Å²) >= 11 is 5.98. The van der Waals surface area contributed by atoms with Crippen LogP contribution in [0.4, 0.5) is 0 Å². The summed E-state index contributed by atoms with van der Waals surface area (Å²) in [6.45, 7) is 1.83. The number of hydrogen-bond acceptors (Lipinski definition) is 3. The van der Waals surface area contributed by atoms with Crippen LogP contribution in [-0.2, 0) is 4.79 Å². The fraction of sp³-hybridized carbons (Fsp3) is 0.619. The Hall–Kier alpha value is -1.59. The molecule has 4 rings (SSSR count). The van der Waals surface area contributed by atoms with Gasteiger partial charge in [0.25, 0.3) is 5.91 Å². The summed E-state index contributed by atoms with van der Waals surface area (Å²) in [5.74, 6) is 0.415. The molecule has 2 N–H and O–H groups in total. The molecular formula is C21H28ClN3O2. The first-order chi connectivity index (χ1) is 13.1. The summed E-state index contributed by atoms with van der Waals surface area (Å²) in [6.07, 6.45) is 7.31. The number of likely N-dealkylation sites (tertiary alicyclic amines) is 1. The number of piperidine rings is 1. The molecular weight excluding hydrogens is 362 g/mol. The highest BCUT2D eigenvalue weighted by molar-refractivity contribution is 6.30. The molecule has 146 valence electrons. The van der Waals surface area contributed by atoms with Crippen LogP contribution in [0, 0.1) is 5.92 Å². The van der Waals surface area contributed by atoms with Gasteiger partial charge in [-0.2, -0.15) is 0 Å². The summed E-state index contributed by atoms with van der Waals surface area (Å²) in [7, 11) is 0. The van der Waals surface area contributed by atoms with E-state index in [9.17, 15) is 9.59 Å². The Labute approximate surface area is 165 Å². The summed E-state index contributed by atoms with van der Waals surface area (Å²) in [4.78, 5) is 28.3. The van der Waals surface area contributed by atoms with Gasteiger partial charge in [-0.25, -0.2) is 0 Å². The molecule has 5 nitrogen and oxygen atoms in total. The van der Waals surface area contributed by atoms with Crippen LogP contribution in [0.2, 0.25) is 5.02 Å². The molecule has 3 aliphatic rings. The van der Waals surface area contributed by atoms with Crippen molar-refractivity contribution in [2.75, 3.05) is 13.1 Å². The molecule has 6 heteroatoms. The highest BCUT2D eigenvalue weighted by Crippen LogP contribution is 2.40. The molecule has 1 saturated carbocycles. The van der Waals surface area contributed by atoms with Crippen LogP contribution in [0.5, 0.6) is 0 Å². The van der Waals surface area contributed by atoms with Gasteiger partial charge in [0.1, 0.15) is 6.04 Å². The second-order valence-electron chi connectivity index (χ2n) is 8.13. The number of halogens is 1. The quantitative estimate of drug-likeness (QED) is 0.835. The minimum atomic E-state index is -0.358. The highest BCUT2D eigenvalue weighted by Gasteiger charge is 2.47. The molecule has 27 heavy (non-hydrogen) atoms. The topological polar surface area (TPSA) is 61.4 Å². The standard InChI is InChI=1S/C21H28ClN3O2/c22-16-9-7-14(8-10-16)21(27)25-18-6-2-1-4-15(18)12-19(25)20(26)24-17-5-3-11-23-13-17/h7-10,15,17-19,23H,1-6,11-13H2,(H,24,26)/t15?,17-,18?,19?/m0/s1. The summed E-state index contributed by atoms with van der Waals surface area (Å²) < 4.78 is 0. The summed E-state index contributed by atoms with van der Waals surface area (Å²) in [5.41, 5.74) is 0.614. The zero-order chi connectivity index (χ0) is 18.8. The number of carbonyl (C=O) groups is 2. The lowest BCUT2D eigenvalue weighted by Crippen LogP contribution is -2.54. The number of hydrogen-bond donors (Lipinski definition) is 2. The molecule has 1 aromatic carbocycles. The Morgan fingerprint density at radius 2 is 1.85 bits per heavy atom. The lowest BCUT2D eigenvalue weighted by Gasteiger charge is -2.34. The molecule has 0 radical (unpaired) electrons. The monoisotopic (exact) mass is 389 g/mol. The number of nitrogens with one attached hydrogen (secondary N) is 2. The van der Waals surface area contributed by atoms with Gasteiger partial charge in [0.2, 0.25) is 5.91 Å². The van der Waals surface area contributed by atoms with Crippen molar-refractivity contribution in [3.05, 3.63) is 34.9 Å². The molecule has 2 heterocycles. The van der Waals surface area contributed by atoms with E-state index < -0.39 is 0 Å². The molecule has 0 bridgehead atoms. The molecule has 2 aliphatic heterocycles. The van der Waals surface area contributed by atoms with Gasteiger partial charge in [-0.15, -0.1) is 0 Å². The zero-order valence-electron chi connectivity index (χ0n) is 15.6. The minimum absolute atomic E-state index is 0.0143. The smallest absolute Gasteiger partial charge is 0.254 e. The zero-order valence-corrected chi connectivity index (χ0v) is 16.4. The van der Waals surface area contributed by atoms with Crippen LogP contribution < -0.4 is 10.6 Å². The highest BCUT2D eigenvalue weighted by atomic mass is 35.5. The number of benzene rings is 1. The maximum atomic E-state index is 13.3. The molecule has 0 spiro atoms. The Morgan fingerprint density at radius 3 is 2.59 bits per heavy atom. The number of amides is 2. The molecule has 1 aromatic rings. The van der Waals surface area contributed by atoms with E-state index in [1.54, 1.807) is 24.3 Å². The van der Waals surface area contributed by atoms with Crippen LogP contribution in [0.15, 0.2) is 24.3 Å². The van der Waals surface area contributed by atoms with E-state index >= 15 is 0 Å². The Balaban J connectivity index is 1.55. The fourth-order valence-electron chi connectivity index (χ4n) is 5.00. The van der Waals surface area contributed by atoms with Gasteiger partial charge in [0.05, 0.1) is 0 Å². The van der Waals surface area contributed by atoms with E-state index in [1.807, 2.05) is 4.90 Å². The molecule has 2 amide bonds. The van der Waals surface area contributed by atoms with E-state index in [0.29, 0.717) is 16.5 Å². The van der Waals surface area contributed by atoms with Crippen LogP contribution in [0.3, 0.4) is 0 Å². The maximum absolute atomic E-state index is 13.3. The molecule has 4 atom stereocenters. The maximum Gasteiger partial charge on any atom is 0.254 e. The lowest BCUT2D eigenvalue weighted by atomic mass is 9.84. The van der Waals surface area contributed by atoms with Crippen LogP contribution in [0.1, 0.15) is 55.3 Å². The summed E-state index contributed by atoms with van der Waals surface area (Å²) in [6, 6.07) is 7.01. The van der Waals surface area contributed by atoms with Gasteiger partial charge < -0.3 is 15.5 Å². The number of carbonyl (C=O) groups excluding carboxylic acids is 2. The van der Waals surface area contributed by atoms with Gasteiger partial charge in [0.15, 0.2) is 0 Å². The van der Waals surface area contributed by atoms with Crippen molar-refractivity contribution in [2.45, 2.75) is 63.1 Å². The third-order valence-corrected chi connectivity index (χ3v) is 6.61. The van der Waals surface area contributed by atoms with Gasteiger partial charge in [0, 0.05) is 29.2 Å². The second kappa shape index (κ2) is 8.19. The van der Waals surface area contributed by atoms with Crippen molar-refractivity contribution in [1.29, 1.82) is 0 Å². The first-order valence-electron chi connectivity index (χ1n) is 10.2. The van der Waals surface area contributed by atoms with E-state index in [2.05, 4.69) is 10.6 Å². The molecule has 2 saturated heterocycles. The SMILES string of the molecule is O=C(N[C@H]1CCCNC1)C1CC2CCCCC2N1C(=O)c1ccc(Cl)cc1. The first kappa shape index (κ1) is 18.8. The van der Waals surface area contributed by atoms with E-state index in [-0.39, 0.29) is 29.9 Å². The van der Waals surface area contributed by atoms with Crippen LogP contribution in [-0.4, -0.2) is 47.9 Å². The molecule has 3 fully saturated rings. The van der Waals surface area contributed by atoms with Crippen LogP contribution in [0.25, 0.3) is 0 Å². The second-order valence-corrected chi connectivity index (χ2v) is 8.57. The summed E-state index contributed by atoms with van der Waals surface area (Å²) in [5, 5.41) is 7.15. The first-order valence-corrected chi connectivity index (χ1v) is 10.6. The van der Waals surface area contributed by atoms with E-state index in [4.69, 9.17) is 11.6 Å². The Bertz CT molecular complexity index is 687. The third kappa shape index (κ3) is 3.99. The largest absolute Gasteiger partial charge is 0.350 e. The predicted molar refractivity (Wildman–Crippen MR) is 106 cm³/mol. The normalized spacial score (nSPS) is 30.6. The molecule has 0 aromatic heterocycles. The van der Waals surface area contributed by atoms with Gasteiger partial charge >= 0.3 is 0 Å². The van der Waals surface area contributed by atoms with E-state index in [0.717, 1.165) is 51.6 Å². The number of fused-ring (bicyclic) bond motifs is 1. The van der Waals surface area contributed by atoms with Crippen molar-refractivity contribution in [3.8, 4) is 0 Å². The number of nitrogens with zero attached hydrogens (tertiary/aromatic N) is 1. The Kier molecular flexibility index (Phi) is 5.69. The van der Waals surface area contributed by atoms with Crippen LogP contribution >= 0.6 is 11.6 Å². The number of rotatable bonds is 3. The van der Waals surface area contributed by atoms with Gasteiger partial charge in [-0.05, 0) is 68.8 Å². The van der Waals surface area contributed by atoms with Gasteiger partial charge in [-0.1, -0.05) is 24.4 Å². The molecule has 3 unspecified atom stereocenters. The lowest BCUT2D eigenvalue weighted by molar-refractivity contribution is -0.126. The predicted octanol–water partition coefficient (Wildman–Crippen LogP) is 2.98.